The van der Waals surface area contributed by atoms with Crippen LogP contribution in [0.3, 0.4) is 0 Å². The first-order chi connectivity index (χ1) is 19.9. The van der Waals surface area contributed by atoms with Gasteiger partial charge in [0.1, 0.15) is 0 Å². The zero-order valence-electron chi connectivity index (χ0n) is 21.6. The highest BCUT2D eigenvalue weighted by molar-refractivity contribution is 7.91. The number of hydrogen-bond acceptors (Lipinski definition) is 11. The predicted octanol–water partition coefficient (Wildman–Crippen LogP) is 2.12. The quantitative estimate of drug-likeness (QED) is 0.307. The molecule has 1 amide bonds. The van der Waals surface area contributed by atoms with Crippen LogP contribution in [0, 0.1) is 0 Å². The molecular weight excluding hydrogens is 612 g/mol. The van der Waals surface area contributed by atoms with Crippen molar-refractivity contribution in [3.8, 4) is 17.1 Å². The smallest absolute Gasteiger partial charge is 0.418 e. The molecule has 228 valence electrons. The Hall–Kier alpha value is -4.43. The molecule has 43 heavy (non-hydrogen) atoms. The molecule has 0 aliphatic carbocycles. The van der Waals surface area contributed by atoms with Crippen LogP contribution in [0.5, 0.6) is 0 Å². The summed E-state index contributed by atoms with van der Waals surface area (Å²) >= 11 is 0. The van der Waals surface area contributed by atoms with Crippen molar-refractivity contribution >= 4 is 21.4 Å². The van der Waals surface area contributed by atoms with Gasteiger partial charge in [-0.15, -0.1) is 25.2 Å². The molecule has 4 aromatic rings. The molecule has 0 bridgehead atoms. The van der Waals surface area contributed by atoms with Crippen LogP contribution in [0.4, 0.5) is 32.0 Å². The number of alkyl halides is 6. The first kappa shape index (κ1) is 30.0. The van der Waals surface area contributed by atoms with Gasteiger partial charge in [0.05, 0.1) is 34.6 Å². The number of hydrogen-bond donors (Lipinski definition) is 2. The van der Waals surface area contributed by atoms with Crippen LogP contribution >= 0.6 is 0 Å². The summed E-state index contributed by atoms with van der Waals surface area (Å²) in [5, 5.41) is 16.6. The summed E-state index contributed by atoms with van der Waals surface area (Å²) in [4.78, 5) is 14.7. The number of halogens is 6. The number of anilines is 1. The van der Waals surface area contributed by atoms with Gasteiger partial charge in [-0.2, -0.15) is 26.3 Å². The lowest BCUT2D eigenvalue weighted by Gasteiger charge is -2.24. The summed E-state index contributed by atoms with van der Waals surface area (Å²) in [6.45, 7) is 0.372. The van der Waals surface area contributed by atoms with E-state index >= 15 is 0 Å². The maximum absolute atomic E-state index is 13.4. The van der Waals surface area contributed by atoms with Crippen molar-refractivity contribution in [2.75, 3.05) is 10.7 Å². The number of tetrazole rings is 1. The van der Waals surface area contributed by atoms with Crippen LogP contribution in [0.25, 0.3) is 17.1 Å². The molecule has 0 saturated carbocycles. The van der Waals surface area contributed by atoms with Gasteiger partial charge in [0.25, 0.3) is 5.82 Å². The first-order valence-corrected chi connectivity index (χ1v) is 13.6. The Morgan fingerprint density at radius 2 is 1.70 bits per heavy atom. The highest BCUT2D eigenvalue weighted by Gasteiger charge is 2.53. The highest BCUT2D eigenvalue weighted by atomic mass is 32.2. The minimum absolute atomic E-state index is 0.0213. The van der Waals surface area contributed by atoms with Crippen molar-refractivity contribution in [3.63, 3.8) is 0 Å². The number of fused-ring (bicyclic) bond motifs is 1. The van der Waals surface area contributed by atoms with Crippen LogP contribution in [-0.2, 0) is 32.9 Å². The Kier molecular flexibility index (Phi) is 7.05. The lowest BCUT2D eigenvalue weighted by Crippen LogP contribution is -2.48. The molecule has 5 rings (SSSR count). The van der Waals surface area contributed by atoms with Crippen LogP contribution < -0.4 is 16.4 Å². The van der Waals surface area contributed by atoms with Gasteiger partial charge in [-0.1, -0.05) is 12.1 Å². The third-order valence-corrected chi connectivity index (χ3v) is 8.26. The summed E-state index contributed by atoms with van der Waals surface area (Å²) in [5.74, 6) is -4.35. The molecule has 0 radical (unpaired) electrons. The van der Waals surface area contributed by atoms with E-state index in [0.717, 1.165) is 11.0 Å². The van der Waals surface area contributed by atoms with Crippen molar-refractivity contribution in [1.29, 1.82) is 0 Å². The van der Waals surface area contributed by atoms with E-state index < -0.39 is 63.0 Å². The summed E-state index contributed by atoms with van der Waals surface area (Å²) in [5.41, 5.74) is 8.58. The largest absolute Gasteiger partial charge is 0.455 e. The average molecular weight is 632 g/mol. The van der Waals surface area contributed by atoms with Crippen molar-refractivity contribution < 1.29 is 44.0 Å². The van der Waals surface area contributed by atoms with Crippen LogP contribution in [-0.4, -0.2) is 62.7 Å². The molecule has 3 heterocycles. The topological polar surface area (TPSA) is 189 Å². The molecule has 0 fully saturated rings. The second-order valence-electron chi connectivity index (χ2n) is 9.67. The third-order valence-electron chi connectivity index (χ3n) is 6.45. The van der Waals surface area contributed by atoms with Crippen molar-refractivity contribution in [2.24, 2.45) is 11.5 Å². The van der Waals surface area contributed by atoms with Crippen molar-refractivity contribution in [2.45, 2.75) is 42.3 Å². The lowest BCUT2D eigenvalue weighted by atomic mass is 10.0. The summed E-state index contributed by atoms with van der Waals surface area (Å²) < 4.78 is 110. The second-order valence-corrected chi connectivity index (χ2v) is 11.7. The number of nitrogens with zero attached hydrogens (tertiary/aromatic N) is 7. The fourth-order valence-electron chi connectivity index (χ4n) is 4.03. The molecule has 4 N–H and O–H groups in total. The third kappa shape index (κ3) is 5.55. The number of benzene rings is 2. The molecular formula is C23H19F6N9O4S. The van der Waals surface area contributed by atoms with Gasteiger partial charge >= 0.3 is 12.4 Å². The standard InChI is InChI=1S/C23H19F6N9O4S/c1-21(31,23(27,28)29)20-34-32-17(42-20)12-4-7-16-15(8-12)37(18(39)14(30)10-43(16,40)41)9-11-2-5-13(6-3-11)38-35-19(33-36-38)22(24,25)26/h2-8,14H,9-10,30-31H2,1H3/t14-,21+/m0/s1. The normalized spacial score (nSPS) is 18.7. The van der Waals surface area contributed by atoms with Crippen LogP contribution in [0.15, 0.2) is 51.8 Å². The van der Waals surface area contributed by atoms with Gasteiger partial charge < -0.3 is 20.8 Å². The minimum Gasteiger partial charge on any atom is -0.418 e. The van der Waals surface area contributed by atoms with Crippen LogP contribution in [0.1, 0.15) is 24.2 Å². The lowest BCUT2D eigenvalue weighted by molar-refractivity contribution is -0.190. The van der Waals surface area contributed by atoms with Gasteiger partial charge in [-0.25, -0.2) is 8.42 Å². The fraction of sp³-hybridized carbons (Fsp3) is 0.304. The molecule has 1 aliphatic heterocycles. The highest BCUT2D eigenvalue weighted by Crippen LogP contribution is 2.38. The Bertz CT molecular complexity index is 1800. The van der Waals surface area contributed by atoms with E-state index in [-0.39, 0.29) is 28.4 Å². The predicted molar refractivity (Wildman–Crippen MR) is 133 cm³/mol. The number of amides is 1. The summed E-state index contributed by atoms with van der Waals surface area (Å²) in [6.07, 6.45) is -9.74. The fourth-order valence-corrected chi connectivity index (χ4v) is 5.59. The van der Waals surface area contributed by atoms with Crippen molar-refractivity contribution in [1.82, 2.24) is 30.4 Å². The Balaban J connectivity index is 1.51. The van der Waals surface area contributed by atoms with E-state index in [2.05, 4.69) is 25.6 Å². The van der Waals surface area contributed by atoms with Gasteiger partial charge in [-0.3, -0.25) is 4.79 Å². The maximum atomic E-state index is 13.4. The minimum atomic E-state index is -4.93. The number of nitrogens with two attached hydrogens (primary N) is 2. The molecule has 20 heteroatoms. The van der Waals surface area contributed by atoms with E-state index in [4.69, 9.17) is 15.9 Å². The van der Waals surface area contributed by atoms with E-state index in [1.165, 1.54) is 36.4 Å². The Morgan fingerprint density at radius 1 is 1.02 bits per heavy atom. The van der Waals surface area contributed by atoms with Crippen LogP contribution in [0.2, 0.25) is 0 Å². The van der Waals surface area contributed by atoms with E-state index in [1.807, 2.05) is 0 Å². The maximum Gasteiger partial charge on any atom is 0.455 e. The Morgan fingerprint density at radius 3 is 2.30 bits per heavy atom. The molecule has 0 spiro atoms. The number of carbonyl (C=O) groups is 1. The zero-order valence-corrected chi connectivity index (χ0v) is 22.4. The summed E-state index contributed by atoms with van der Waals surface area (Å²) in [6, 6.07) is 7.59. The van der Waals surface area contributed by atoms with E-state index in [1.54, 1.807) is 0 Å². The molecule has 0 unspecified atom stereocenters. The zero-order chi connectivity index (χ0) is 31.5. The number of rotatable bonds is 5. The Labute approximate surface area is 237 Å². The van der Waals surface area contributed by atoms with Gasteiger partial charge in [-0.05, 0) is 48.0 Å². The SMILES string of the molecule is C[C@@](N)(c1nnc(-c2ccc3c(c2)N(Cc2ccc(-n4nnc(C(F)(F)F)n4)cc2)C(=O)[C@@H](N)CS3(=O)=O)o1)C(F)(F)F. The van der Waals surface area contributed by atoms with Gasteiger partial charge in [0.2, 0.25) is 17.7 Å². The molecule has 0 saturated heterocycles. The van der Waals surface area contributed by atoms with E-state index in [9.17, 15) is 39.6 Å². The number of carbonyl (C=O) groups excluding carboxylic acids is 1. The van der Waals surface area contributed by atoms with Gasteiger partial charge in [0.15, 0.2) is 15.4 Å². The van der Waals surface area contributed by atoms with Gasteiger partial charge in [0, 0.05) is 5.56 Å². The molecule has 1 aliphatic rings. The molecule has 2 atom stereocenters. The van der Waals surface area contributed by atoms with E-state index in [0.29, 0.717) is 17.3 Å². The second kappa shape index (κ2) is 10.1. The summed E-state index contributed by atoms with van der Waals surface area (Å²) in [7, 11) is -4.12. The number of sulfone groups is 1. The monoisotopic (exact) mass is 631 g/mol. The average Bonchev–Trinajstić information content (AvgIpc) is 3.60. The number of aromatic nitrogens is 6. The molecule has 2 aromatic carbocycles. The van der Waals surface area contributed by atoms with Crippen molar-refractivity contribution in [3.05, 3.63) is 59.7 Å². The first-order valence-electron chi connectivity index (χ1n) is 12.0. The molecule has 2 aromatic heterocycles. The molecule has 13 nitrogen and oxygen atoms in total.